The fourth-order valence-corrected chi connectivity index (χ4v) is 3.03. The lowest BCUT2D eigenvalue weighted by atomic mass is 10.1. The van der Waals surface area contributed by atoms with E-state index in [4.69, 9.17) is 5.26 Å². The Bertz CT molecular complexity index is 760. The van der Waals surface area contributed by atoms with Crippen molar-refractivity contribution in [1.29, 1.82) is 5.26 Å². The van der Waals surface area contributed by atoms with Crippen molar-refractivity contribution in [3.63, 3.8) is 0 Å². The molecule has 21 heavy (non-hydrogen) atoms. The summed E-state index contributed by atoms with van der Waals surface area (Å²) in [7, 11) is 0. The minimum atomic E-state index is -0.591. The van der Waals surface area contributed by atoms with E-state index in [2.05, 4.69) is 21.2 Å². The third kappa shape index (κ3) is 3.26. The summed E-state index contributed by atoms with van der Waals surface area (Å²) in [5.41, 5.74) is 1.04. The maximum atomic E-state index is 12.1. The van der Waals surface area contributed by atoms with Crippen molar-refractivity contribution in [3.8, 4) is 6.07 Å². The number of halogens is 1. The summed E-state index contributed by atoms with van der Waals surface area (Å²) >= 11 is 4.61. The number of non-ortho nitro benzene ring substituents is 1. The molecule has 0 aliphatic rings. The van der Waals surface area contributed by atoms with Crippen LogP contribution in [0, 0.1) is 28.4 Å². The van der Waals surface area contributed by atoms with E-state index in [0.717, 1.165) is 15.4 Å². The van der Waals surface area contributed by atoms with E-state index >= 15 is 0 Å². The minimum absolute atomic E-state index is 0.0462. The molecule has 0 bridgehead atoms. The first-order chi connectivity index (χ1) is 9.92. The summed E-state index contributed by atoms with van der Waals surface area (Å²) in [5, 5.41) is 22.3. The zero-order valence-corrected chi connectivity index (χ0v) is 13.1. The van der Waals surface area contributed by atoms with Crippen LogP contribution >= 0.6 is 27.3 Å². The molecule has 0 unspecified atom stereocenters. The molecule has 0 atom stereocenters. The molecule has 8 heteroatoms. The number of nitrogens with zero attached hydrogens (tertiary/aromatic N) is 2. The molecule has 1 heterocycles. The molecule has 0 aliphatic carbocycles. The van der Waals surface area contributed by atoms with Crippen molar-refractivity contribution < 1.29 is 9.72 Å². The van der Waals surface area contributed by atoms with Crippen molar-refractivity contribution in [3.05, 3.63) is 54.2 Å². The van der Waals surface area contributed by atoms with Crippen molar-refractivity contribution >= 4 is 44.5 Å². The van der Waals surface area contributed by atoms with Gasteiger partial charge in [-0.1, -0.05) is 0 Å². The minimum Gasteiger partial charge on any atom is -0.320 e. The Balaban J connectivity index is 2.29. The predicted octanol–water partition coefficient (Wildman–Crippen LogP) is 3.85. The van der Waals surface area contributed by atoms with Crippen LogP contribution in [0.25, 0.3) is 0 Å². The summed E-state index contributed by atoms with van der Waals surface area (Å²) in [5.74, 6) is -0.362. The topological polar surface area (TPSA) is 96.0 Å². The quantitative estimate of drug-likeness (QED) is 0.659. The Morgan fingerprint density at radius 2 is 2.19 bits per heavy atom. The molecular weight excluding hydrogens is 358 g/mol. The van der Waals surface area contributed by atoms with Crippen LogP contribution in [0.3, 0.4) is 0 Å². The van der Waals surface area contributed by atoms with E-state index in [0.29, 0.717) is 4.88 Å². The highest BCUT2D eigenvalue weighted by Gasteiger charge is 2.15. The largest absolute Gasteiger partial charge is 0.320 e. The van der Waals surface area contributed by atoms with E-state index in [1.54, 1.807) is 6.07 Å². The lowest BCUT2D eigenvalue weighted by molar-refractivity contribution is -0.384. The molecule has 2 rings (SSSR count). The van der Waals surface area contributed by atoms with Crippen molar-refractivity contribution in [2.24, 2.45) is 0 Å². The normalized spacial score (nSPS) is 9.95. The van der Waals surface area contributed by atoms with Gasteiger partial charge >= 0.3 is 0 Å². The molecule has 0 saturated carbocycles. The molecule has 0 radical (unpaired) electrons. The van der Waals surface area contributed by atoms with Gasteiger partial charge < -0.3 is 5.32 Å². The Hall–Kier alpha value is -2.24. The van der Waals surface area contributed by atoms with E-state index in [-0.39, 0.29) is 22.8 Å². The van der Waals surface area contributed by atoms with Gasteiger partial charge in [0.2, 0.25) is 0 Å². The molecule has 1 amide bonds. The number of nitrogens with one attached hydrogen (secondary N) is 1. The van der Waals surface area contributed by atoms with Crippen molar-refractivity contribution in [2.75, 3.05) is 5.32 Å². The fourth-order valence-electron chi connectivity index (χ4n) is 1.60. The molecular formula is C13H8BrN3O3S. The maximum Gasteiger partial charge on any atom is 0.270 e. The molecule has 0 saturated heterocycles. The number of thiophene rings is 1. The van der Waals surface area contributed by atoms with Crippen molar-refractivity contribution in [1.82, 2.24) is 0 Å². The van der Waals surface area contributed by atoms with Gasteiger partial charge in [0.1, 0.15) is 6.07 Å². The lowest BCUT2D eigenvalue weighted by Crippen LogP contribution is -2.11. The van der Waals surface area contributed by atoms with Crippen molar-refractivity contribution in [2.45, 2.75) is 6.92 Å². The molecule has 0 fully saturated rings. The Morgan fingerprint density at radius 3 is 2.71 bits per heavy atom. The van der Waals surface area contributed by atoms with E-state index in [9.17, 15) is 14.9 Å². The van der Waals surface area contributed by atoms with Crippen LogP contribution in [0.2, 0.25) is 0 Å². The molecule has 1 N–H and O–H groups in total. The van der Waals surface area contributed by atoms with Crippen LogP contribution < -0.4 is 5.32 Å². The smallest absolute Gasteiger partial charge is 0.270 e. The molecule has 2 aromatic rings. The second kappa shape index (κ2) is 6.03. The predicted molar refractivity (Wildman–Crippen MR) is 82.5 cm³/mol. The maximum absolute atomic E-state index is 12.1. The number of nitro groups is 1. The Labute approximate surface area is 132 Å². The summed E-state index contributed by atoms with van der Waals surface area (Å²) in [6.07, 6.45) is 0. The number of rotatable bonds is 3. The first kappa shape index (κ1) is 15.2. The van der Waals surface area contributed by atoms with Gasteiger partial charge in [-0.15, -0.1) is 11.3 Å². The number of nitriles is 1. The number of carbonyl (C=O) groups is 1. The van der Waals surface area contributed by atoms with Gasteiger partial charge in [0.05, 0.1) is 24.8 Å². The lowest BCUT2D eigenvalue weighted by Gasteiger charge is -2.05. The third-order valence-electron chi connectivity index (χ3n) is 2.66. The number of hydrogen-bond donors (Lipinski definition) is 1. The molecule has 1 aromatic heterocycles. The van der Waals surface area contributed by atoms with Gasteiger partial charge in [-0.25, -0.2) is 0 Å². The number of benzene rings is 1. The number of hydrogen-bond acceptors (Lipinski definition) is 5. The standard InChI is InChI=1S/C13H8BrN3O3S/c1-7-4-11(21-12(7)14)13(18)16-10-3-2-9(17(19)20)5-8(10)6-15/h2-5H,1H3,(H,16,18). The highest BCUT2D eigenvalue weighted by molar-refractivity contribution is 9.11. The Kier molecular flexibility index (Phi) is 4.35. The van der Waals surface area contributed by atoms with Gasteiger partial charge in [0, 0.05) is 12.1 Å². The highest BCUT2D eigenvalue weighted by Crippen LogP contribution is 2.28. The van der Waals surface area contributed by atoms with Gasteiger partial charge in [0.25, 0.3) is 11.6 Å². The van der Waals surface area contributed by atoms with Gasteiger partial charge in [-0.3, -0.25) is 14.9 Å². The number of nitro benzene ring substituents is 1. The third-order valence-corrected chi connectivity index (χ3v) is 4.80. The zero-order valence-electron chi connectivity index (χ0n) is 10.7. The van der Waals surface area contributed by atoms with Crippen LogP contribution in [-0.2, 0) is 0 Å². The average Bonchev–Trinajstić information content (AvgIpc) is 2.79. The summed E-state index contributed by atoms with van der Waals surface area (Å²) in [4.78, 5) is 22.7. The first-order valence-corrected chi connectivity index (χ1v) is 7.29. The number of amides is 1. The van der Waals surface area contributed by atoms with E-state index in [1.807, 2.05) is 13.0 Å². The number of aryl methyl sites for hydroxylation is 1. The number of anilines is 1. The fraction of sp³-hybridized carbons (Fsp3) is 0.0769. The molecule has 1 aromatic carbocycles. The number of carbonyl (C=O) groups excluding carboxylic acids is 1. The molecule has 106 valence electrons. The molecule has 0 aliphatic heterocycles. The second-order valence-electron chi connectivity index (χ2n) is 4.12. The monoisotopic (exact) mass is 365 g/mol. The summed E-state index contributed by atoms with van der Waals surface area (Å²) < 4.78 is 0.858. The average molecular weight is 366 g/mol. The van der Waals surface area contributed by atoms with E-state index < -0.39 is 4.92 Å². The highest BCUT2D eigenvalue weighted by atomic mass is 79.9. The summed E-state index contributed by atoms with van der Waals surface area (Å²) in [6, 6.07) is 7.29. The zero-order chi connectivity index (χ0) is 15.6. The van der Waals surface area contributed by atoms with Crippen LogP contribution in [0.15, 0.2) is 28.1 Å². The summed E-state index contributed by atoms with van der Waals surface area (Å²) in [6.45, 7) is 1.87. The van der Waals surface area contributed by atoms with Gasteiger partial charge in [-0.2, -0.15) is 5.26 Å². The Morgan fingerprint density at radius 1 is 1.48 bits per heavy atom. The van der Waals surface area contributed by atoms with E-state index in [1.165, 1.54) is 23.5 Å². The SMILES string of the molecule is Cc1cc(C(=O)Nc2ccc([N+](=O)[O-])cc2C#N)sc1Br. The van der Waals surface area contributed by atoms with Crippen LogP contribution in [0.1, 0.15) is 20.8 Å². The first-order valence-electron chi connectivity index (χ1n) is 5.68. The van der Waals surface area contributed by atoms with Crippen LogP contribution in [-0.4, -0.2) is 10.8 Å². The van der Waals surface area contributed by atoms with Gasteiger partial charge in [-0.05, 0) is 40.5 Å². The second-order valence-corrected chi connectivity index (χ2v) is 6.49. The molecule has 0 spiro atoms. The van der Waals surface area contributed by atoms with Gasteiger partial charge in [0.15, 0.2) is 0 Å². The molecule has 6 nitrogen and oxygen atoms in total. The van der Waals surface area contributed by atoms with Crippen LogP contribution in [0.5, 0.6) is 0 Å². The van der Waals surface area contributed by atoms with Crippen LogP contribution in [0.4, 0.5) is 11.4 Å².